The number of nitrogens with zero attached hydrogens (tertiary/aromatic N) is 2. The zero-order valence-electron chi connectivity index (χ0n) is 16.8. The minimum Gasteiger partial charge on any atom is -0.430 e. The second kappa shape index (κ2) is 9.49. The van der Waals surface area contributed by atoms with Crippen molar-refractivity contribution in [3.63, 3.8) is 0 Å². The van der Waals surface area contributed by atoms with Crippen LogP contribution in [0.4, 0.5) is 4.39 Å². The molecule has 4 aromatic rings. The monoisotopic (exact) mass is 433 g/mol. The number of rotatable bonds is 7. The molecule has 1 aromatic heterocycles. The van der Waals surface area contributed by atoms with Gasteiger partial charge in [0, 0.05) is 23.5 Å². The van der Waals surface area contributed by atoms with Crippen LogP contribution in [0.25, 0.3) is 0 Å². The number of halogens is 1. The van der Waals surface area contributed by atoms with E-state index < -0.39 is 0 Å². The topological polar surface area (TPSA) is 64.1 Å². The van der Waals surface area contributed by atoms with Crippen molar-refractivity contribution in [1.29, 1.82) is 0 Å². The maximum absolute atomic E-state index is 13.0. The Hall–Kier alpha value is -3.58. The molecule has 7 heteroatoms. The molecule has 0 aliphatic heterocycles. The lowest BCUT2D eigenvalue weighted by molar-refractivity contribution is 0.0939. The number of carbonyl (C=O) groups excluding carboxylic acids is 1. The smallest absolute Gasteiger partial charge is 0.298 e. The van der Waals surface area contributed by atoms with Gasteiger partial charge in [0.1, 0.15) is 11.6 Å². The minimum atomic E-state index is -0.277. The molecule has 0 saturated carbocycles. The lowest BCUT2D eigenvalue weighted by atomic mass is 10.1. The van der Waals surface area contributed by atoms with Crippen molar-refractivity contribution < 1.29 is 13.9 Å². The van der Waals surface area contributed by atoms with Crippen molar-refractivity contribution in [3.05, 3.63) is 107 Å². The van der Waals surface area contributed by atoms with E-state index in [1.54, 1.807) is 36.4 Å². The second-order valence-corrected chi connectivity index (χ2v) is 7.73. The van der Waals surface area contributed by atoms with Crippen LogP contribution in [0.3, 0.4) is 0 Å². The quantitative estimate of drug-likeness (QED) is 0.415. The molecular weight excluding hydrogens is 413 g/mol. The molecule has 3 aromatic carbocycles. The molecule has 0 aliphatic carbocycles. The first-order valence-corrected chi connectivity index (χ1v) is 10.5. The van der Waals surface area contributed by atoms with Crippen LogP contribution in [0.2, 0.25) is 0 Å². The van der Waals surface area contributed by atoms with Gasteiger partial charge in [0.05, 0.1) is 6.04 Å². The second-order valence-electron chi connectivity index (χ2n) is 7.02. The summed E-state index contributed by atoms with van der Waals surface area (Å²) in [4.78, 5) is 17.0. The van der Waals surface area contributed by atoms with Crippen molar-refractivity contribution in [2.75, 3.05) is 0 Å². The minimum absolute atomic E-state index is 0.115. The van der Waals surface area contributed by atoms with Gasteiger partial charge in [-0.15, -0.1) is 0 Å². The Morgan fingerprint density at radius 3 is 2.61 bits per heavy atom. The molecule has 0 radical (unpaired) electrons. The molecule has 0 aliphatic rings. The molecule has 1 amide bonds. The molecular formula is C24H20FN3O2S. The first kappa shape index (κ1) is 20.7. The summed E-state index contributed by atoms with van der Waals surface area (Å²) in [7, 11) is 0. The molecule has 1 N–H and O–H groups in total. The molecule has 1 atom stereocenters. The molecule has 1 unspecified atom stereocenters. The maximum atomic E-state index is 13.0. The lowest BCUT2D eigenvalue weighted by Gasteiger charge is -2.14. The fourth-order valence-electron chi connectivity index (χ4n) is 3.04. The molecule has 31 heavy (non-hydrogen) atoms. The Kier molecular flexibility index (Phi) is 6.33. The van der Waals surface area contributed by atoms with Gasteiger partial charge in [-0.3, -0.25) is 4.79 Å². The van der Waals surface area contributed by atoms with E-state index in [1.165, 1.54) is 12.1 Å². The van der Waals surface area contributed by atoms with Gasteiger partial charge < -0.3 is 10.1 Å². The van der Waals surface area contributed by atoms with Gasteiger partial charge in [-0.05, 0) is 48.4 Å². The van der Waals surface area contributed by atoms with Crippen LogP contribution in [0.5, 0.6) is 10.9 Å². The SMILES string of the molecule is CC(NC(=O)c1cccc(Oc2nc(Cc3ccc(F)cc3)ns2)c1)c1ccccc1. The number of nitrogens with one attached hydrogen (secondary N) is 1. The van der Waals surface area contributed by atoms with E-state index in [2.05, 4.69) is 14.7 Å². The summed E-state index contributed by atoms with van der Waals surface area (Å²) in [6.07, 6.45) is 0.486. The van der Waals surface area contributed by atoms with E-state index in [4.69, 9.17) is 4.74 Å². The number of carbonyl (C=O) groups is 1. The Balaban J connectivity index is 1.40. The average molecular weight is 434 g/mol. The van der Waals surface area contributed by atoms with E-state index in [9.17, 15) is 9.18 Å². The normalized spacial score (nSPS) is 11.7. The summed E-state index contributed by atoms with van der Waals surface area (Å²) >= 11 is 1.13. The first-order valence-electron chi connectivity index (χ1n) is 9.77. The van der Waals surface area contributed by atoms with Crippen LogP contribution < -0.4 is 10.1 Å². The summed E-state index contributed by atoms with van der Waals surface area (Å²) in [6.45, 7) is 1.94. The van der Waals surface area contributed by atoms with Gasteiger partial charge in [0.2, 0.25) is 0 Å². The van der Waals surface area contributed by atoms with E-state index in [1.807, 2.05) is 37.3 Å². The fourth-order valence-corrected chi connectivity index (χ4v) is 3.61. The van der Waals surface area contributed by atoms with E-state index >= 15 is 0 Å². The first-order chi connectivity index (χ1) is 15.1. The summed E-state index contributed by atoms with van der Waals surface area (Å²) < 4.78 is 23.1. The lowest BCUT2D eigenvalue weighted by Crippen LogP contribution is -2.26. The number of benzene rings is 3. The number of hydrogen-bond acceptors (Lipinski definition) is 5. The number of aromatic nitrogens is 2. The Morgan fingerprint density at radius 1 is 1.06 bits per heavy atom. The van der Waals surface area contributed by atoms with Crippen LogP contribution >= 0.6 is 11.5 Å². The van der Waals surface area contributed by atoms with E-state index in [0.717, 1.165) is 22.7 Å². The van der Waals surface area contributed by atoms with E-state index in [-0.39, 0.29) is 17.8 Å². The largest absolute Gasteiger partial charge is 0.430 e. The summed E-state index contributed by atoms with van der Waals surface area (Å²) in [6, 6.07) is 22.8. The molecule has 0 fully saturated rings. The molecule has 5 nitrogen and oxygen atoms in total. The van der Waals surface area contributed by atoms with Crippen molar-refractivity contribution in [2.24, 2.45) is 0 Å². The van der Waals surface area contributed by atoms with Crippen LogP contribution in [0.1, 0.15) is 40.3 Å². The molecule has 156 valence electrons. The predicted octanol–water partition coefficient (Wildman–Crippen LogP) is 5.55. The number of amides is 1. The average Bonchev–Trinajstić information content (AvgIpc) is 3.22. The molecule has 0 spiro atoms. The summed E-state index contributed by atoms with van der Waals surface area (Å²) in [5.41, 5.74) is 2.44. The van der Waals surface area contributed by atoms with Gasteiger partial charge >= 0.3 is 0 Å². The van der Waals surface area contributed by atoms with Gasteiger partial charge in [-0.2, -0.15) is 9.36 Å². The van der Waals surface area contributed by atoms with Gasteiger partial charge in [0.25, 0.3) is 11.1 Å². The Morgan fingerprint density at radius 2 is 1.84 bits per heavy atom. The van der Waals surface area contributed by atoms with Crippen LogP contribution in [-0.2, 0) is 6.42 Å². The maximum Gasteiger partial charge on any atom is 0.298 e. The molecule has 0 saturated heterocycles. The van der Waals surface area contributed by atoms with E-state index in [0.29, 0.717) is 28.8 Å². The van der Waals surface area contributed by atoms with Crippen LogP contribution in [0, 0.1) is 5.82 Å². The third kappa shape index (κ3) is 5.52. The van der Waals surface area contributed by atoms with Crippen LogP contribution in [0.15, 0.2) is 78.9 Å². The third-order valence-corrected chi connectivity index (χ3v) is 5.31. The summed E-state index contributed by atoms with van der Waals surface area (Å²) in [5, 5.41) is 3.37. The van der Waals surface area contributed by atoms with Crippen molar-refractivity contribution >= 4 is 17.4 Å². The molecule has 0 bridgehead atoms. The Labute approximate surface area is 183 Å². The van der Waals surface area contributed by atoms with Gasteiger partial charge in [-0.25, -0.2) is 4.39 Å². The van der Waals surface area contributed by atoms with Crippen molar-refractivity contribution in [1.82, 2.24) is 14.7 Å². The van der Waals surface area contributed by atoms with Crippen LogP contribution in [-0.4, -0.2) is 15.3 Å². The summed E-state index contributed by atoms with van der Waals surface area (Å²) in [5.74, 6) is 0.638. The highest BCUT2D eigenvalue weighted by molar-refractivity contribution is 7.07. The van der Waals surface area contributed by atoms with Gasteiger partial charge in [-0.1, -0.05) is 48.5 Å². The third-order valence-electron chi connectivity index (χ3n) is 4.67. The highest BCUT2D eigenvalue weighted by Crippen LogP contribution is 2.25. The Bertz CT molecular complexity index is 1160. The zero-order valence-corrected chi connectivity index (χ0v) is 17.6. The molecule has 1 heterocycles. The number of hydrogen-bond donors (Lipinski definition) is 1. The standard InChI is InChI=1S/C24H20FN3O2S/c1-16(18-6-3-2-4-7-18)26-23(29)19-8-5-9-21(15-19)30-24-27-22(28-31-24)14-17-10-12-20(25)13-11-17/h2-13,15-16H,14H2,1H3,(H,26,29). The van der Waals surface area contributed by atoms with Crippen molar-refractivity contribution in [3.8, 4) is 10.9 Å². The van der Waals surface area contributed by atoms with Crippen molar-refractivity contribution in [2.45, 2.75) is 19.4 Å². The highest BCUT2D eigenvalue weighted by Gasteiger charge is 2.13. The molecule has 4 rings (SSSR count). The highest BCUT2D eigenvalue weighted by atomic mass is 32.1. The van der Waals surface area contributed by atoms with Gasteiger partial charge in [0.15, 0.2) is 5.82 Å². The number of ether oxygens (including phenoxy) is 1. The zero-order chi connectivity index (χ0) is 21.6. The fraction of sp³-hybridized carbons (Fsp3) is 0.125. The predicted molar refractivity (Wildman–Crippen MR) is 118 cm³/mol.